The van der Waals surface area contributed by atoms with Crippen LogP contribution in [0.1, 0.15) is 41.0 Å². The molecule has 0 bridgehead atoms. The summed E-state index contributed by atoms with van der Waals surface area (Å²) in [6, 6.07) is 7.50. The summed E-state index contributed by atoms with van der Waals surface area (Å²) in [5, 5.41) is 9.48. The van der Waals surface area contributed by atoms with E-state index in [-0.39, 0.29) is 5.91 Å². The molecule has 0 saturated heterocycles. The molecule has 1 amide bonds. The lowest BCUT2D eigenvalue weighted by atomic mass is 10.2. The fourth-order valence-electron chi connectivity index (χ4n) is 2.00. The number of anilines is 1. The third-order valence-electron chi connectivity index (χ3n) is 3.24. The van der Waals surface area contributed by atoms with E-state index in [1.165, 1.54) is 11.3 Å². The molecule has 0 unspecified atom stereocenters. The molecule has 0 aliphatic rings. The molecule has 0 aliphatic carbocycles. The van der Waals surface area contributed by atoms with E-state index in [2.05, 4.69) is 34.2 Å². The van der Waals surface area contributed by atoms with E-state index >= 15 is 0 Å². The highest BCUT2D eigenvalue weighted by Crippen LogP contribution is 2.18. The van der Waals surface area contributed by atoms with Crippen molar-refractivity contribution in [1.82, 2.24) is 19.7 Å². The van der Waals surface area contributed by atoms with Crippen LogP contribution in [0.2, 0.25) is 0 Å². The topological polar surface area (TPSA) is 72.7 Å². The minimum Gasteiger partial charge on any atom is -0.303 e. The van der Waals surface area contributed by atoms with Gasteiger partial charge in [0.05, 0.1) is 17.9 Å². The smallest absolute Gasteiger partial charge is 0.285 e. The summed E-state index contributed by atoms with van der Waals surface area (Å²) in [5.74, 6) is 0.586. The minimum atomic E-state index is -0.231. The van der Waals surface area contributed by atoms with E-state index in [1.54, 1.807) is 16.9 Å². The molecular weight excluding hydrogens is 310 g/mol. The van der Waals surface area contributed by atoms with E-state index in [4.69, 9.17) is 0 Å². The van der Waals surface area contributed by atoms with Gasteiger partial charge in [0.15, 0.2) is 10.8 Å². The van der Waals surface area contributed by atoms with Crippen LogP contribution in [0.4, 0.5) is 5.82 Å². The summed E-state index contributed by atoms with van der Waals surface area (Å²) in [5.41, 5.74) is 1.84. The maximum absolute atomic E-state index is 12.2. The molecule has 0 radical (unpaired) electrons. The predicted molar refractivity (Wildman–Crippen MR) is 89.7 cm³/mol. The molecule has 6 nitrogen and oxygen atoms in total. The fraction of sp³-hybridized carbons (Fsp3) is 0.250. The van der Waals surface area contributed by atoms with Crippen LogP contribution in [0, 0.1) is 0 Å². The van der Waals surface area contributed by atoms with Gasteiger partial charge in [-0.3, -0.25) is 14.5 Å². The first-order valence-corrected chi connectivity index (χ1v) is 8.20. The monoisotopic (exact) mass is 327 g/mol. The molecule has 0 atom stereocenters. The highest BCUT2D eigenvalue weighted by atomic mass is 32.1. The Bertz CT molecular complexity index is 794. The number of rotatable bonds is 5. The molecule has 0 aromatic carbocycles. The minimum absolute atomic E-state index is 0.231. The number of nitrogens with zero attached hydrogens (tertiary/aromatic N) is 4. The first-order valence-electron chi connectivity index (χ1n) is 7.32. The van der Waals surface area contributed by atoms with E-state index in [1.807, 2.05) is 29.8 Å². The van der Waals surface area contributed by atoms with Crippen LogP contribution in [-0.2, 0) is 6.54 Å². The molecule has 23 heavy (non-hydrogen) atoms. The van der Waals surface area contributed by atoms with E-state index in [0.29, 0.717) is 23.3 Å². The van der Waals surface area contributed by atoms with Crippen LogP contribution in [-0.4, -0.2) is 25.7 Å². The molecule has 3 aromatic rings. The van der Waals surface area contributed by atoms with Crippen LogP contribution in [0.3, 0.4) is 0 Å². The molecular formula is C16H17N5OS. The zero-order valence-electron chi connectivity index (χ0n) is 12.9. The largest absolute Gasteiger partial charge is 0.303 e. The summed E-state index contributed by atoms with van der Waals surface area (Å²) in [6.45, 7) is 4.66. The normalized spacial score (nSPS) is 10.9. The maximum atomic E-state index is 12.2. The zero-order valence-corrected chi connectivity index (χ0v) is 13.7. The van der Waals surface area contributed by atoms with Crippen molar-refractivity contribution in [3.63, 3.8) is 0 Å². The second-order valence-corrected chi connectivity index (χ2v) is 6.26. The Balaban J connectivity index is 1.65. The standard InChI is InChI=1S/C16H17N5OS/c1-11(2)13-10-23-16(18-13)15(22)19-14-6-8-21(20-14)9-12-5-3-4-7-17-12/h3-8,10-11H,9H2,1-2H3,(H,19,20,22). The average molecular weight is 327 g/mol. The van der Waals surface area contributed by atoms with Crippen molar-refractivity contribution in [2.45, 2.75) is 26.3 Å². The Morgan fingerprint density at radius 1 is 1.35 bits per heavy atom. The van der Waals surface area contributed by atoms with E-state index in [0.717, 1.165) is 11.4 Å². The van der Waals surface area contributed by atoms with Gasteiger partial charge in [0.2, 0.25) is 0 Å². The lowest BCUT2D eigenvalue weighted by Gasteiger charge is -2.01. The van der Waals surface area contributed by atoms with Crippen molar-refractivity contribution >= 4 is 23.1 Å². The number of thiazole rings is 1. The van der Waals surface area contributed by atoms with E-state index < -0.39 is 0 Å². The Morgan fingerprint density at radius 2 is 2.22 bits per heavy atom. The number of hydrogen-bond donors (Lipinski definition) is 1. The molecule has 0 fully saturated rings. The first-order chi connectivity index (χ1) is 11.1. The number of amides is 1. The van der Waals surface area contributed by atoms with Crippen molar-refractivity contribution in [2.75, 3.05) is 5.32 Å². The zero-order chi connectivity index (χ0) is 16.2. The van der Waals surface area contributed by atoms with Crippen LogP contribution >= 0.6 is 11.3 Å². The molecule has 0 saturated carbocycles. The van der Waals surface area contributed by atoms with Crippen LogP contribution in [0.5, 0.6) is 0 Å². The number of carbonyl (C=O) groups excluding carboxylic acids is 1. The average Bonchev–Trinajstić information content (AvgIpc) is 3.18. The summed E-state index contributed by atoms with van der Waals surface area (Å²) in [4.78, 5) is 20.8. The molecule has 1 N–H and O–H groups in total. The molecule has 3 rings (SSSR count). The summed E-state index contributed by atoms with van der Waals surface area (Å²) >= 11 is 1.35. The van der Waals surface area contributed by atoms with Crippen LogP contribution in [0.15, 0.2) is 42.0 Å². The van der Waals surface area contributed by atoms with Crippen molar-refractivity contribution in [1.29, 1.82) is 0 Å². The number of aromatic nitrogens is 4. The van der Waals surface area contributed by atoms with Gasteiger partial charge in [-0.15, -0.1) is 11.3 Å². The van der Waals surface area contributed by atoms with Gasteiger partial charge >= 0.3 is 0 Å². The predicted octanol–water partition coefficient (Wildman–Crippen LogP) is 3.16. The summed E-state index contributed by atoms with van der Waals surface area (Å²) < 4.78 is 1.74. The third-order valence-corrected chi connectivity index (χ3v) is 4.10. The van der Waals surface area contributed by atoms with Gasteiger partial charge in [0.25, 0.3) is 5.91 Å². The van der Waals surface area contributed by atoms with Gasteiger partial charge in [-0.05, 0) is 18.1 Å². The van der Waals surface area contributed by atoms with Gasteiger partial charge in [0.1, 0.15) is 0 Å². The number of nitrogens with one attached hydrogen (secondary N) is 1. The van der Waals surface area contributed by atoms with Crippen molar-refractivity contribution < 1.29 is 4.79 Å². The maximum Gasteiger partial charge on any atom is 0.285 e. The quantitative estimate of drug-likeness (QED) is 0.781. The van der Waals surface area contributed by atoms with Crippen LogP contribution < -0.4 is 5.32 Å². The fourth-order valence-corrected chi connectivity index (χ4v) is 2.87. The molecule has 118 valence electrons. The lowest BCUT2D eigenvalue weighted by Crippen LogP contribution is -2.13. The molecule has 0 spiro atoms. The van der Waals surface area contributed by atoms with Crippen LogP contribution in [0.25, 0.3) is 0 Å². The van der Waals surface area contributed by atoms with Crippen molar-refractivity contribution in [3.8, 4) is 0 Å². The molecule has 7 heteroatoms. The van der Waals surface area contributed by atoms with Gasteiger partial charge in [-0.25, -0.2) is 4.98 Å². The molecule has 0 aliphatic heterocycles. The highest BCUT2D eigenvalue weighted by Gasteiger charge is 2.14. The number of hydrogen-bond acceptors (Lipinski definition) is 5. The number of pyridine rings is 1. The van der Waals surface area contributed by atoms with E-state index in [9.17, 15) is 4.79 Å². The molecule has 3 heterocycles. The summed E-state index contributed by atoms with van der Waals surface area (Å²) in [7, 11) is 0. The van der Waals surface area contributed by atoms with Gasteiger partial charge < -0.3 is 5.32 Å². The SMILES string of the molecule is CC(C)c1csc(C(=O)Nc2ccn(Cc3ccccn3)n2)n1. The second kappa shape index (κ2) is 6.70. The number of carbonyl (C=O) groups is 1. The Kier molecular flexibility index (Phi) is 4.47. The summed E-state index contributed by atoms with van der Waals surface area (Å²) in [6.07, 6.45) is 3.56. The second-order valence-electron chi connectivity index (χ2n) is 5.41. The van der Waals surface area contributed by atoms with Crippen molar-refractivity contribution in [3.05, 3.63) is 58.4 Å². The third kappa shape index (κ3) is 3.81. The van der Waals surface area contributed by atoms with Gasteiger partial charge in [-0.2, -0.15) is 5.10 Å². The Hall–Kier alpha value is -2.54. The Labute approximate surface area is 138 Å². The Morgan fingerprint density at radius 3 is 2.91 bits per heavy atom. The lowest BCUT2D eigenvalue weighted by molar-refractivity contribution is 0.102. The van der Waals surface area contributed by atoms with Gasteiger partial charge in [-0.1, -0.05) is 19.9 Å². The molecule has 3 aromatic heterocycles. The van der Waals surface area contributed by atoms with Crippen molar-refractivity contribution in [2.24, 2.45) is 0 Å². The van der Waals surface area contributed by atoms with Gasteiger partial charge in [0, 0.05) is 23.8 Å². The highest BCUT2D eigenvalue weighted by molar-refractivity contribution is 7.11. The first kappa shape index (κ1) is 15.4.